The average molecular weight is 436 g/mol. The summed E-state index contributed by atoms with van der Waals surface area (Å²) in [4.78, 5) is 28.9. The number of hydrogen-bond donors (Lipinski definition) is 1. The van der Waals surface area contributed by atoms with E-state index >= 15 is 0 Å². The predicted octanol–water partition coefficient (Wildman–Crippen LogP) is 2.93. The number of ketones is 1. The highest BCUT2D eigenvalue weighted by atomic mass is 16.5. The lowest BCUT2D eigenvalue weighted by Gasteiger charge is -2.34. The van der Waals surface area contributed by atoms with Crippen LogP contribution in [0.25, 0.3) is 0 Å². The molecule has 6 nitrogen and oxygen atoms in total. The lowest BCUT2D eigenvalue weighted by atomic mass is 10.0. The smallest absolute Gasteiger partial charge is 0.223 e. The summed E-state index contributed by atoms with van der Waals surface area (Å²) < 4.78 is 5.87. The Morgan fingerprint density at radius 3 is 2.38 bits per heavy atom. The van der Waals surface area contributed by atoms with Gasteiger partial charge >= 0.3 is 0 Å². The predicted molar refractivity (Wildman–Crippen MR) is 125 cm³/mol. The molecular formula is C26H33N3O3. The summed E-state index contributed by atoms with van der Waals surface area (Å²) in [6, 6.07) is 17.9. The van der Waals surface area contributed by atoms with Crippen LogP contribution in [-0.4, -0.2) is 67.4 Å². The summed E-state index contributed by atoms with van der Waals surface area (Å²) in [6.07, 6.45) is 2.31. The number of hydrogen-bond acceptors (Lipinski definition) is 5. The zero-order valence-electron chi connectivity index (χ0n) is 18.6. The molecule has 0 radical (unpaired) electrons. The maximum absolute atomic E-state index is 12.8. The second-order valence-corrected chi connectivity index (χ2v) is 8.71. The van der Waals surface area contributed by atoms with Crippen molar-refractivity contribution in [1.29, 1.82) is 0 Å². The van der Waals surface area contributed by atoms with Crippen LogP contribution in [0.3, 0.4) is 0 Å². The minimum atomic E-state index is 0.107. The van der Waals surface area contributed by atoms with Gasteiger partial charge in [-0.1, -0.05) is 30.3 Å². The molecule has 2 aliphatic rings. The number of carbonyl (C=O) groups is 2. The standard InChI is InChI=1S/C26H33N3O3/c27-12-11-25(30)29-16-14-28(15-17-29)13-4-18-32-22-9-7-21(8-10-22)26(31)24-19-23(24)20-5-2-1-3-6-20/h1-3,5-10,23-24H,4,11-19,27H2. The van der Waals surface area contributed by atoms with Crippen molar-refractivity contribution in [1.82, 2.24) is 9.80 Å². The Morgan fingerprint density at radius 1 is 0.969 bits per heavy atom. The molecule has 1 amide bonds. The topological polar surface area (TPSA) is 75.9 Å². The lowest BCUT2D eigenvalue weighted by Crippen LogP contribution is -2.49. The van der Waals surface area contributed by atoms with E-state index in [1.165, 1.54) is 5.56 Å². The highest BCUT2D eigenvalue weighted by molar-refractivity contribution is 6.00. The first kappa shape index (κ1) is 22.5. The molecule has 2 aromatic rings. The molecule has 2 N–H and O–H groups in total. The number of amides is 1. The molecule has 32 heavy (non-hydrogen) atoms. The average Bonchev–Trinajstić information content (AvgIpc) is 3.64. The Balaban J connectivity index is 1.15. The second kappa shape index (κ2) is 10.7. The Labute approximate surface area is 190 Å². The molecule has 1 saturated carbocycles. The SMILES string of the molecule is NCCC(=O)N1CCN(CCCOc2ccc(C(=O)C3CC3c3ccccc3)cc2)CC1. The monoisotopic (exact) mass is 435 g/mol. The van der Waals surface area contributed by atoms with Crippen LogP contribution >= 0.6 is 0 Å². The van der Waals surface area contributed by atoms with E-state index in [1.807, 2.05) is 47.4 Å². The van der Waals surface area contributed by atoms with Gasteiger partial charge in [0.25, 0.3) is 0 Å². The van der Waals surface area contributed by atoms with Crippen LogP contribution < -0.4 is 10.5 Å². The van der Waals surface area contributed by atoms with E-state index < -0.39 is 0 Å². The third kappa shape index (κ3) is 5.75. The van der Waals surface area contributed by atoms with Crippen molar-refractivity contribution in [3.05, 3.63) is 65.7 Å². The molecule has 170 valence electrons. The number of benzene rings is 2. The first-order valence-electron chi connectivity index (χ1n) is 11.7. The number of Topliss-reactive ketones (excluding diaryl/α,β-unsaturated/α-hetero) is 1. The fraction of sp³-hybridized carbons (Fsp3) is 0.462. The van der Waals surface area contributed by atoms with Gasteiger partial charge in [0.15, 0.2) is 5.78 Å². The molecule has 1 aliphatic heterocycles. The number of rotatable bonds is 10. The van der Waals surface area contributed by atoms with Crippen molar-refractivity contribution < 1.29 is 14.3 Å². The van der Waals surface area contributed by atoms with E-state index in [-0.39, 0.29) is 17.6 Å². The molecule has 2 fully saturated rings. The van der Waals surface area contributed by atoms with Gasteiger partial charge in [-0.25, -0.2) is 0 Å². The number of nitrogens with two attached hydrogens (primary N) is 1. The van der Waals surface area contributed by atoms with E-state index in [9.17, 15) is 9.59 Å². The summed E-state index contributed by atoms with van der Waals surface area (Å²) in [7, 11) is 0. The zero-order chi connectivity index (χ0) is 22.3. The van der Waals surface area contributed by atoms with Gasteiger partial charge in [0.1, 0.15) is 5.75 Å². The minimum absolute atomic E-state index is 0.107. The molecule has 0 spiro atoms. The molecule has 1 saturated heterocycles. The van der Waals surface area contributed by atoms with Gasteiger partial charge in [-0.3, -0.25) is 14.5 Å². The lowest BCUT2D eigenvalue weighted by molar-refractivity contribution is -0.132. The van der Waals surface area contributed by atoms with Crippen LogP contribution in [0, 0.1) is 5.92 Å². The molecule has 0 aromatic heterocycles. The van der Waals surface area contributed by atoms with E-state index in [1.54, 1.807) is 0 Å². The van der Waals surface area contributed by atoms with Gasteiger partial charge in [-0.05, 0) is 48.6 Å². The van der Waals surface area contributed by atoms with E-state index in [2.05, 4.69) is 17.0 Å². The number of ether oxygens (including phenoxy) is 1. The van der Waals surface area contributed by atoms with Crippen molar-refractivity contribution >= 4 is 11.7 Å². The largest absolute Gasteiger partial charge is 0.494 e. The third-order valence-corrected chi connectivity index (χ3v) is 6.46. The van der Waals surface area contributed by atoms with E-state index in [0.29, 0.717) is 25.5 Å². The van der Waals surface area contributed by atoms with Crippen LogP contribution in [0.15, 0.2) is 54.6 Å². The summed E-state index contributed by atoms with van der Waals surface area (Å²) in [5.74, 6) is 1.66. The number of piperazine rings is 1. The zero-order valence-corrected chi connectivity index (χ0v) is 18.6. The molecule has 1 aliphatic carbocycles. The van der Waals surface area contributed by atoms with Gasteiger partial charge in [-0.15, -0.1) is 0 Å². The summed E-state index contributed by atoms with van der Waals surface area (Å²) in [6.45, 7) is 5.37. The maximum Gasteiger partial charge on any atom is 0.223 e. The highest BCUT2D eigenvalue weighted by Crippen LogP contribution is 2.49. The van der Waals surface area contributed by atoms with Gasteiger partial charge < -0.3 is 15.4 Å². The fourth-order valence-electron chi connectivity index (χ4n) is 4.46. The van der Waals surface area contributed by atoms with Crippen molar-refractivity contribution in [3.63, 3.8) is 0 Å². The quantitative estimate of drug-likeness (QED) is 0.459. The van der Waals surface area contributed by atoms with Crippen LogP contribution in [0.2, 0.25) is 0 Å². The van der Waals surface area contributed by atoms with Crippen LogP contribution in [0.1, 0.15) is 41.1 Å². The van der Waals surface area contributed by atoms with Gasteiger partial charge in [-0.2, -0.15) is 0 Å². The van der Waals surface area contributed by atoms with Crippen LogP contribution in [-0.2, 0) is 4.79 Å². The molecule has 4 rings (SSSR count). The molecule has 6 heteroatoms. The summed E-state index contributed by atoms with van der Waals surface area (Å²) in [5, 5.41) is 0. The Bertz CT molecular complexity index is 892. The Hall–Kier alpha value is -2.70. The first-order valence-corrected chi connectivity index (χ1v) is 11.7. The van der Waals surface area contributed by atoms with E-state index in [0.717, 1.165) is 56.9 Å². The van der Waals surface area contributed by atoms with Crippen molar-refractivity contribution in [2.75, 3.05) is 45.9 Å². The Kier molecular flexibility index (Phi) is 7.55. The van der Waals surface area contributed by atoms with Gasteiger partial charge in [0, 0.05) is 57.2 Å². The number of nitrogens with zero attached hydrogens (tertiary/aromatic N) is 2. The minimum Gasteiger partial charge on any atom is -0.494 e. The van der Waals surface area contributed by atoms with Gasteiger partial charge in [0.2, 0.25) is 5.91 Å². The normalized spacial score (nSPS) is 20.7. The van der Waals surface area contributed by atoms with Gasteiger partial charge in [0.05, 0.1) is 6.61 Å². The molecule has 2 atom stereocenters. The highest BCUT2D eigenvalue weighted by Gasteiger charge is 2.43. The van der Waals surface area contributed by atoms with E-state index in [4.69, 9.17) is 10.5 Å². The molecule has 0 bridgehead atoms. The maximum atomic E-state index is 12.8. The fourth-order valence-corrected chi connectivity index (χ4v) is 4.46. The molecule has 2 unspecified atom stereocenters. The van der Waals surface area contributed by atoms with Crippen molar-refractivity contribution in [2.45, 2.75) is 25.2 Å². The summed E-state index contributed by atoms with van der Waals surface area (Å²) >= 11 is 0. The summed E-state index contributed by atoms with van der Waals surface area (Å²) in [5.41, 5.74) is 7.50. The third-order valence-electron chi connectivity index (χ3n) is 6.46. The second-order valence-electron chi connectivity index (χ2n) is 8.71. The molecular weight excluding hydrogens is 402 g/mol. The first-order chi connectivity index (χ1) is 15.7. The van der Waals surface area contributed by atoms with Crippen LogP contribution in [0.5, 0.6) is 5.75 Å². The molecule has 1 heterocycles. The Morgan fingerprint density at radius 2 is 1.69 bits per heavy atom. The molecule has 2 aromatic carbocycles. The van der Waals surface area contributed by atoms with Crippen LogP contribution in [0.4, 0.5) is 0 Å². The number of carbonyl (C=O) groups excluding carboxylic acids is 2. The van der Waals surface area contributed by atoms with Crippen molar-refractivity contribution in [2.24, 2.45) is 11.7 Å². The van der Waals surface area contributed by atoms with Crippen molar-refractivity contribution in [3.8, 4) is 5.75 Å².